The Morgan fingerprint density at radius 2 is 2.20 bits per heavy atom. The molecule has 1 aromatic rings. The number of halogens is 1. The first-order chi connectivity index (χ1) is 7.18. The molecule has 0 aromatic heterocycles. The van der Waals surface area contributed by atoms with Gasteiger partial charge < -0.3 is 5.73 Å². The first-order valence-electron chi connectivity index (χ1n) is 4.90. The summed E-state index contributed by atoms with van der Waals surface area (Å²) in [5.41, 5.74) is 5.69. The van der Waals surface area contributed by atoms with E-state index in [2.05, 4.69) is 0 Å². The van der Waals surface area contributed by atoms with Gasteiger partial charge in [0.25, 0.3) is 0 Å². The fourth-order valence-corrected chi connectivity index (χ4v) is 1.59. The highest BCUT2D eigenvalue weighted by molar-refractivity contribution is 5.80. The Hall–Kier alpha value is -1.64. The van der Waals surface area contributed by atoms with E-state index >= 15 is 0 Å². The fraction of sp³-hybridized carbons (Fsp3) is 0.250. The van der Waals surface area contributed by atoms with E-state index in [0.29, 0.717) is 5.56 Å². The van der Waals surface area contributed by atoms with E-state index in [4.69, 9.17) is 5.73 Å². The number of hydrogen-bond donors (Lipinski definition) is 1. The number of rotatable bonds is 3. The van der Waals surface area contributed by atoms with Crippen molar-refractivity contribution in [2.75, 3.05) is 0 Å². The van der Waals surface area contributed by atoms with Gasteiger partial charge in [0.1, 0.15) is 5.82 Å². The van der Waals surface area contributed by atoms with Gasteiger partial charge in [-0.25, -0.2) is 4.39 Å². The summed E-state index contributed by atoms with van der Waals surface area (Å²) in [4.78, 5) is 10.8. The van der Waals surface area contributed by atoms with E-state index in [9.17, 15) is 9.18 Å². The third-order valence-corrected chi connectivity index (χ3v) is 2.63. The highest BCUT2D eigenvalue weighted by Gasteiger charge is 2.39. The summed E-state index contributed by atoms with van der Waals surface area (Å²) in [6.45, 7) is 0. The van der Waals surface area contributed by atoms with Crippen LogP contribution in [-0.4, -0.2) is 5.91 Å². The molecule has 15 heavy (non-hydrogen) atoms. The highest BCUT2D eigenvalue weighted by Crippen LogP contribution is 2.39. The fourth-order valence-electron chi connectivity index (χ4n) is 1.59. The van der Waals surface area contributed by atoms with Gasteiger partial charge in [-0.2, -0.15) is 0 Å². The van der Waals surface area contributed by atoms with Gasteiger partial charge in [0, 0.05) is 11.5 Å². The maximum atomic E-state index is 13.2. The molecule has 2 N–H and O–H groups in total. The summed E-state index contributed by atoms with van der Waals surface area (Å²) in [5, 5.41) is 0. The number of nitrogens with two attached hydrogens (primary N) is 1. The number of amides is 1. The van der Waals surface area contributed by atoms with Crippen molar-refractivity contribution >= 4 is 12.0 Å². The molecule has 0 aliphatic heterocycles. The van der Waals surface area contributed by atoms with Gasteiger partial charge >= 0.3 is 0 Å². The molecule has 2 unspecified atom stereocenters. The van der Waals surface area contributed by atoms with Crippen LogP contribution in [0.15, 0.2) is 30.3 Å². The van der Waals surface area contributed by atoms with Crippen molar-refractivity contribution in [1.29, 1.82) is 0 Å². The van der Waals surface area contributed by atoms with E-state index in [1.165, 1.54) is 6.07 Å². The van der Waals surface area contributed by atoms with Crippen LogP contribution in [0.3, 0.4) is 0 Å². The molecule has 2 atom stereocenters. The third-order valence-electron chi connectivity index (χ3n) is 2.63. The minimum Gasteiger partial charge on any atom is -0.369 e. The molecule has 1 amide bonds. The molecule has 1 aromatic carbocycles. The highest BCUT2D eigenvalue weighted by atomic mass is 19.1. The van der Waals surface area contributed by atoms with Gasteiger partial charge in [0.15, 0.2) is 0 Å². The summed E-state index contributed by atoms with van der Waals surface area (Å²) < 4.78 is 13.2. The van der Waals surface area contributed by atoms with Gasteiger partial charge in [-0.1, -0.05) is 30.4 Å². The van der Waals surface area contributed by atoms with Crippen molar-refractivity contribution < 1.29 is 9.18 Å². The van der Waals surface area contributed by atoms with Crippen LogP contribution in [0, 0.1) is 17.7 Å². The van der Waals surface area contributed by atoms with Gasteiger partial charge in [-0.15, -0.1) is 0 Å². The Bertz CT molecular complexity index is 414. The quantitative estimate of drug-likeness (QED) is 0.805. The van der Waals surface area contributed by atoms with E-state index in [1.807, 2.05) is 6.08 Å². The predicted octanol–water partition coefficient (Wildman–Crippen LogP) is 1.96. The summed E-state index contributed by atoms with van der Waals surface area (Å²) in [6.07, 6.45) is 4.36. The Balaban J connectivity index is 2.02. The lowest BCUT2D eigenvalue weighted by molar-refractivity contribution is -0.119. The van der Waals surface area contributed by atoms with Crippen LogP contribution in [0.1, 0.15) is 12.0 Å². The molecule has 0 radical (unpaired) electrons. The predicted molar refractivity (Wildman–Crippen MR) is 56.2 cm³/mol. The summed E-state index contributed by atoms with van der Waals surface area (Å²) in [5.74, 6) is -0.363. The maximum Gasteiger partial charge on any atom is 0.221 e. The second-order valence-corrected chi connectivity index (χ2v) is 3.79. The molecule has 0 saturated heterocycles. The average molecular weight is 205 g/mol. The summed E-state index contributed by atoms with van der Waals surface area (Å²) >= 11 is 0. The summed E-state index contributed by atoms with van der Waals surface area (Å²) in [6, 6.07) is 6.54. The Morgan fingerprint density at radius 1 is 1.47 bits per heavy atom. The number of carbonyl (C=O) groups excluding carboxylic acids is 1. The molecule has 1 saturated carbocycles. The van der Waals surface area contributed by atoms with Gasteiger partial charge in [0.2, 0.25) is 5.91 Å². The lowest BCUT2D eigenvalue weighted by atomic mass is 10.1. The van der Waals surface area contributed by atoms with Crippen molar-refractivity contribution in [1.82, 2.24) is 0 Å². The van der Waals surface area contributed by atoms with Crippen LogP contribution in [0.5, 0.6) is 0 Å². The van der Waals surface area contributed by atoms with E-state index in [0.717, 1.165) is 6.42 Å². The normalized spacial score (nSPS) is 24.3. The number of hydrogen-bond acceptors (Lipinski definition) is 1. The largest absolute Gasteiger partial charge is 0.369 e. The van der Waals surface area contributed by atoms with E-state index in [-0.39, 0.29) is 23.6 Å². The minimum absolute atomic E-state index is 0.0481. The number of carbonyl (C=O) groups is 1. The lowest BCUT2D eigenvalue weighted by Crippen LogP contribution is -2.13. The van der Waals surface area contributed by atoms with Crippen LogP contribution >= 0.6 is 0 Å². The summed E-state index contributed by atoms with van der Waals surface area (Å²) in [7, 11) is 0. The Morgan fingerprint density at radius 3 is 2.80 bits per heavy atom. The first kappa shape index (κ1) is 9.90. The molecule has 2 nitrogen and oxygen atoms in total. The van der Waals surface area contributed by atoms with Crippen LogP contribution in [0.2, 0.25) is 0 Å². The molecular formula is C12H12FNO. The van der Waals surface area contributed by atoms with Crippen molar-refractivity contribution in [2.45, 2.75) is 6.42 Å². The van der Waals surface area contributed by atoms with Crippen molar-refractivity contribution in [3.05, 3.63) is 41.7 Å². The van der Waals surface area contributed by atoms with Crippen LogP contribution in [0.4, 0.5) is 4.39 Å². The zero-order chi connectivity index (χ0) is 10.8. The maximum absolute atomic E-state index is 13.2. The number of benzene rings is 1. The molecular weight excluding hydrogens is 193 g/mol. The second kappa shape index (κ2) is 3.85. The molecule has 1 fully saturated rings. The van der Waals surface area contributed by atoms with Crippen LogP contribution in [-0.2, 0) is 4.79 Å². The Kier molecular flexibility index (Phi) is 2.54. The molecule has 1 aliphatic rings. The van der Waals surface area contributed by atoms with Crippen molar-refractivity contribution in [2.24, 2.45) is 17.6 Å². The smallest absolute Gasteiger partial charge is 0.221 e. The minimum atomic E-state index is -0.266. The third kappa shape index (κ3) is 2.24. The molecule has 0 heterocycles. The molecule has 0 bridgehead atoms. The molecule has 78 valence electrons. The van der Waals surface area contributed by atoms with E-state index < -0.39 is 0 Å². The molecule has 1 aliphatic carbocycles. The van der Waals surface area contributed by atoms with Gasteiger partial charge in [-0.05, 0) is 18.4 Å². The van der Waals surface area contributed by atoms with Crippen molar-refractivity contribution in [3.63, 3.8) is 0 Å². The standard InChI is InChI=1S/C12H12FNO/c13-11-4-2-1-3-8(11)5-6-9-7-10(9)12(14)15/h1-6,9-10H,7H2,(H2,14,15)/b6-5+. The van der Waals surface area contributed by atoms with Gasteiger partial charge in [0.05, 0.1) is 0 Å². The molecule has 2 rings (SSSR count). The Labute approximate surface area is 87.6 Å². The lowest BCUT2D eigenvalue weighted by Gasteiger charge is -1.94. The van der Waals surface area contributed by atoms with E-state index in [1.54, 1.807) is 24.3 Å². The van der Waals surface area contributed by atoms with Crippen molar-refractivity contribution in [3.8, 4) is 0 Å². The number of primary amides is 1. The van der Waals surface area contributed by atoms with Crippen LogP contribution in [0.25, 0.3) is 6.08 Å². The second-order valence-electron chi connectivity index (χ2n) is 3.79. The first-order valence-corrected chi connectivity index (χ1v) is 4.90. The monoisotopic (exact) mass is 205 g/mol. The number of allylic oxidation sites excluding steroid dienone is 1. The average Bonchev–Trinajstić information content (AvgIpc) is 2.96. The topological polar surface area (TPSA) is 43.1 Å². The molecule has 0 spiro atoms. The SMILES string of the molecule is NC(=O)C1CC1/C=C/c1ccccc1F. The van der Waals surface area contributed by atoms with Crippen LogP contribution < -0.4 is 5.73 Å². The zero-order valence-electron chi connectivity index (χ0n) is 8.19. The molecule has 3 heteroatoms. The van der Waals surface area contributed by atoms with Gasteiger partial charge in [-0.3, -0.25) is 4.79 Å². The zero-order valence-corrected chi connectivity index (χ0v) is 8.19.